The summed E-state index contributed by atoms with van der Waals surface area (Å²) >= 11 is 1.74. The molecule has 1 heterocycles. The van der Waals surface area contributed by atoms with Crippen LogP contribution in [0.1, 0.15) is 37.0 Å². The fourth-order valence-corrected chi connectivity index (χ4v) is 6.00. The van der Waals surface area contributed by atoms with E-state index in [1.54, 1.807) is 11.3 Å². The Bertz CT molecular complexity index is 483. The van der Waals surface area contributed by atoms with Crippen molar-refractivity contribution >= 4 is 17.2 Å². The second kappa shape index (κ2) is 4.57. The molecule has 4 fully saturated rings. The molecule has 0 aliphatic heterocycles. The minimum atomic E-state index is -0.433. The number of carbonyl (C=O) groups excluding carboxylic acids is 1. The molecule has 1 amide bonds. The molecule has 108 valence electrons. The molecule has 1 aromatic heterocycles. The third-order valence-electron chi connectivity index (χ3n) is 5.97. The van der Waals surface area contributed by atoms with Crippen LogP contribution < -0.4 is 11.1 Å². The Morgan fingerprint density at radius 1 is 1.25 bits per heavy atom. The van der Waals surface area contributed by atoms with E-state index in [1.807, 2.05) is 0 Å². The molecule has 0 spiro atoms. The van der Waals surface area contributed by atoms with Crippen LogP contribution in [0.2, 0.25) is 0 Å². The van der Waals surface area contributed by atoms with Crippen LogP contribution in [0.15, 0.2) is 17.5 Å². The van der Waals surface area contributed by atoms with Gasteiger partial charge in [0.25, 0.3) is 0 Å². The summed E-state index contributed by atoms with van der Waals surface area (Å²) in [6.45, 7) is 0.781. The summed E-state index contributed by atoms with van der Waals surface area (Å²) in [6, 6.07) is 4.19. The minimum absolute atomic E-state index is 0.108. The van der Waals surface area contributed by atoms with Gasteiger partial charge >= 0.3 is 0 Å². The van der Waals surface area contributed by atoms with Crippen LogP contribution >= 0.6 is 11.3 Å². The molecule has 5 rings (SSSR count). The van der Waals surface area contributed by atoms with E-state index in [-0.39, 0.29) is 5.91 Å². The van der Waals surface area contributed by atoms with Crippen molar-refractivity contribution in [1.29, 1.82) is 0 Å². The number of rotatable bonds is 4. The van der Waals surface area contributed by atoms with Gasteiger partial charge in [0.05, 0.1) is 0 Å². The number of carbonyl (C=O) groups is 1. The molecule has 1 aromatic rings. The first-order valence-electron chi connectivity index (χ1n) is 7.75. The maximum absolute atomic E-state index is 12.3. The van der Waals surface area contributed by atoms with E-state index in [9.17, 15) is 4.79 Å². The van der Waals surface area contributed by atoms with Crippen LogP contribution in [0.3, 0.4) is 0 Å². The van der Waals surface area contributed by atoms with E-state index in [2.05, 4.69) is 22.8 Å². The van der Waals surface area contributed by atoms with E-state index in [4.69, 9.17) is 5.73 Å². The molecule has 3 N–H and O–H groups in total. The van der Waals surface area contributed by atoms with Crippen molar-refractivity contribution in [2.75, 3.05) is 0 Å². The number of amides is 1. The van der Waals surface area contributed by atoms with Crippen molar-refractivity contribution in [1.82, 2.24) is 5.32 Å². The maximum Gasteiger partial charge on any atom is 0.238 e. The van der Waals surface area contributed by atoms with Gasteiger partial charge in [-0.05, 0) is 67.2 Å². The number of nitrogens with one attached hydrogen (secondary N) is 1. The molecule has 0 aromatic carbocycles. The van der Waals surface area contributed by atoms with Gasteiger partial charge in [0.1, 0.15) is 5.54 Å². The highest BCUT2D eigenvalue weighted by atomic mass is 32.1. The van der Waals surface area contributed by atoms with Crippen molar-refractivity contribution in [3.63, 3.8) is 0 Å². The second-order valence-electron chi connectivity index (χ2n) is 6.97. The summed E-state index contributed by atoms with van der Waals surface area (Å²) in [5, 5.41) is 5.70. The van der Waals surface area contributed by atoms with Gasteiger partial charge in [-0.2, -0.15) is 0 Å². The number of hydrogen-bond donors (Lipinski definition) is 2. The van der Waals surface area contributed by atoms with Gasteiger partial charge in [0.15, 0.2) is 0 Å². The lowest BCUT2D eigenvalue weighted by Crippen LogP contribution is -2.70. The van der Waals surface area contributed by atoms with Crippen molar-refractivity contribution in [3.05, 3.63) is 22.4 Å². The number of primary amides is 1. The average molecular weight is 290 g/mol. The molecular formula is C16H22N2OS. The number of hydrogen-bond acceptors (Lipinski definition) is 3. The van der Waals surface area contributed by atoms with Gasteiger partial charge in [-0.15, -0.1) is 11.3 Å². The zero-order chi connectivity index (χ0) is 13.7. The van der Waals surface area contributed by atoms with Crippen LogP contribution in [0.5, 0.6) is 0 Å². The standard InChI is InChI=1S/C16H22N2OS/c17-15(19)16(18-9-14-2-1-3-20-14)12-5-10-4-11(7-12)8-13(16)6-10/h1-3,10-13,18H,4-9H2,(H2,17,19). The molecule has 4 aliphatic rings. The molecule has 4 bridgehead atoms. The lowest BCUT2D eigenvalue weighted by atomic mass is 9.48. The topological polar surface area (TPSA) is 55.1 Å². The third-order valence-corrected chi connectivity index (χ3v) is 6.85. The molecule has 4 saturated carbocycles. The van der Waals surface area contributed by atoms with E-state index < -0.39 is 5.54 Å². The summed E-state index contributed by atoms with van der Waals surface area (Å²) < 4.78 is 0. The van der Waals surface area contributed by atoms with Crippen LogP contribution in [0, 0.1) is 23.7 Å². The summed E-state index contributed by atoms with van der Waals surface area (Å²) in [7, 11) is 0. The number of thiophene rings is 1. The first-order valence-corrected chi connectivity index (χ1v) is 8.63. The van der Waals surface area contributed by atoms with Crippen molar-refractivity contribution < 1.29 is 4.79 Å². The van der Waals surface area contributed by atoms with Gasteiger partial charge in [-0.3, -0.25) is 10.1 Å². The fourth-order valence-electron chi connectivity index (χ4n) is 5.35. The summed E-state index contributed by atoms with van der Waals surface area (Å²) in [4.78, 5) is 13.6. The normalized spacial score (nSPS) is 42.0. The average Bonchev–Trinajstić information content (AvgIpc) is 2.90. The lowest BCUT2D eigenvalue weighted by molar-refractivity contribution is -0.143. The van der Waals surface area contributed by atoms with Gasteiger partial charge in [0.2, 0.25) is 5.91 Å². The Hall–Kier alpha value is -0.870. The second-order valence-corrected chi connectivity index (χ2v) is 8.00. The molecule has 4 heteroatoms. The van der Waals surface area contributed by atoms with Gasteiger partial charge in [-0.25, -0.2) is 0 Å². The van der Waals surface area contributed by atoms with E-state index in [0.717, 1.165) is 18.4 Å². The quantitative estimate of drug-likeness (QED) is 0.895. The zero-order valence-electron chi connectivity index (χ0n) is 11.7. The highest BCUT2D eigenvalue weighted by Gasteiger charge is 2.60. The Balaban J connectivity index is 1.61. The Morgan fingerprint density at radius 2 is 1.90 bits per heavy atom. The Morgan fingerprint density at radius 3 is 2.40 bits per heavy atom. The monoisotopic (exact) mass is 290 g/mol. The van der Waals surface area contributed by atoms with Crippen molar-refractivity contribution in [2.45, 2.75) is 44.2 Å². The molecule has 0 unspecified atom stereocenters. The van der Waals surface area contributed by atoms with Crippen molar-refractivity contribution in [3.8, 4) is 0 Å². The molecule has 0 saturated heterocycles. The molecule has 4 aliphatic carbocycles. The molecule has 0 atom stereocenters. The Labute approximate surface area is 123 Å². The third kappa shape index (κ3) is 1.77. The van der Waals surface area contributed by atoms with E-state index in [0.29, 0.717) is 11.8 Å². The largest absolute Gasteiger partial charge is 0.368 e. The van der Waals surface area contributed by atoms with E-state index >= 15 is 0 Å². The van der Waals surface area contributed by atoms with Crippen LogP contribution in [-0.2, 0) is 11.3 Å². The van der Waals surface area contributed by atoms with Gasteiger partial charge in [0, 0.05) is 11.4 Å². The van der Waals surface area contributed by atoms with Crippen molar-refractivity contribution in [2.24, 2.45) is 29.4 Å². The maximum atomic E-state index is 12.3. The van der Waals surface area contributed by atoms with Gasteiger partial charge in [-0.1, -0.05) is 6.07 Å². The lowest BCUT2D eigenvalue weighted by Gasteiger charge is -2.60. The first-order chi connectivity index (χ1) is 9.68. The Kier molecular flexibility index (Phi) is 2.93. The molecule has 3 nitrogen and oxygen atoms in total. The highest BCUT2D eigenvalue weighted by molar-refractivity contribution is 7.09. The minimum Gasteiger partial charge on any atom is -0.368 e. The van der Waals surface area contributed by atoms with Gasteiger partial charge < -0.3 is 5.73 Å². The van der Waals surface area contributed by atoms with Crippen LogP contribution in [0.25, 0.3) is 0 Å². The smallest absolute Gasteiger partial charge is 0.238 e. The molecule has 0 radical (unpaired) electrons. The SMILES string of the molecule is NC(=O)C1(NCc2cccs2)C2CC3CC(C2)CC1C3. The predicted molar refractivity (Wildman–Crippen MR) is 80.1 cm³/mol. The molecule has 20 heavy (non-hydrogen) atoms. The highest BCUT2D eigenvalue weighted by Crippen LogP contribution is 2.58. The fraction of sp³-hybridized carbons (Fsp3) is 0.688. The van der Waals surface area contributed by atoms with Crippen LogP contribution in [0.4, 0.5) is 0 Å². The summed E-state index contributed by atoms with van der Waals surface area (Å²) in [5.74, 6) is 2.54. The predicted octanol–water partition coefficient (Wildman–Crippen LogP) is 2.52. The summed E-state index contributed by atoms with van der Waals surface area (Å²) in [6.07, 6.45) is 6.20. The zero-order valence-corrected chi connectivity index (χ0v) is 12.5. The summed E-state index contributed by atoms with van der Waals surface area (Å²) in [5.41, 5.74) is 5.46. The van der Waals surface area contributed by atoms with E-state index in [1.165, 1.54) is 37.0 Å². The first kappa shape index (κ1) is 12.8. The van der Waals surface area contributed by atoms with Crippen LogP contribution in [-0.4, -0.2) is 11.4 Å². The number of nitrogens with two attached hydrogens (primary N) is 1. The molecular weight excluding hydrogens is 268 g/mol.